The van der Waals surface area contributed by atoms with Crippen molar-refractivity contribution in [3.8, 4) is 0 Å². The molecule has 0 aliphatic rings. The molecule has 0 rings (SSSR count). The zero-order chi connectivity index (χ0) is 10.3. The predicted octanol–water partition coefficient (Wildman–Crippen LogP) is -0.291. The summed E-state index contributed by atoms with van der Waals surface area (Å²) in [4.78, 5) is 0. The molecule has 0 radical (unpaired) electrons. The molecule has 4 heteroatoms. The van der Waals surface area contributed by atoms with E-state index in [-0.39, 0.29) is 12.1 Å². The molecule has 0 fully saturated rings. The van der Waals surface area contributed by atoms with Crippen molar-refractivity contribution >= 4 is 0 Å². The molecular weight excluding hydrogens is 168 g/mol. The Labute approximate surface area is 80.5 Å². The third kappa shape index (κ3) is 8.18. The van der Waals surface area contributed by atoms with Crippen LogP contribution in [0.15, 0.2) is 0 Å². The number of hydrogen-bond donors (Lipinski definition) is 3. The quantitative estimate of drug-likeness (QED) is 0.516. The van der Waals surface area contributed by atoms with E-state index in [1.807, 2.05) is 20.8 Å². The van der Waals surface area contributed by atoms with Gasteiger partial charge >= 0.3 is 0 Å². The molecule has 0 aliphatic heterocycles. The molecule has 0 heterocycles. The van der Waals surface area contributed by atoms with Crippen molar-refractivity contribution < 1.29 is 9.84 Å². The van der Waals surface area contributed by atoms with Gasteiger partial charge in [0, 0.05) is 19.1 Å². The van der Waals surface area contributed by atoms with Crippen molar-refractivity contribution in [1.29, 1.82) is 0 Å². The summed E-state index contributed by atoms with van der Waals surface area (Å²) in [6, 6.07) is 0.244. The minimum absolute atomic E-state index is 0.168. The fraction of sp³-hybridized carbons (Fsp3) is 1.00. The van der Waals surface area contributed by atoms with Crippen molar-refractivity contribution in [2.45, 2.75) is 39.0 Å². The molecule has 0 saturated carbocycles. The molecule has 13 heavy (non-hydrogen) atoms. The highest BCUT2D eigenvalue weighted by atomic mass is 16.5. The number of aliphatic hydroxyl groups is 1. The largest absolute Gasteiger partial charge is 0.389 e. The third-order valence-corrected chi connectivity index (χ3v) is 1.68. The van der Waals surface area contributed by atoms with Crippen LogP contribution >= 0.6 is 0 Å². The number of ether oxygens (including phenoxy) is 1. The van der Waals surface area contributed by atoms with E-state index in [0.717, 1.165) is 0 Å². The molecule has 0 spiro atoms. The van der Waals surface area contributed by atoms with Gasteiger partial charge in [-0.25, -0.2) is 0 Å². The van der Waals surface area contributed by atoms with Crippen LogP contribution in [-0.4, -0.2) is 43.1 Å². The number of nitrogens with one attached hydrogen (secondary N) is 1. The standard InChI is InChI=1S/C9H22N2O2/c1-7(2)13-6-9(12)5-11-8(3)4-10/h7-9,11-12H,4-6,10H2,1-3H3. The lowest BCUT2D eigenvalue weighted by Crippen LogP contribution is -2.39. The van der Waals surface area contributed by atoms with E-state index in [1.165, 1.54) is 0 Å². The summed E-state index contributed by atoms with van der Waals surface area (Å²) in [7, 11) is 0. The molecule has 0 bridgehead atoms. The molecule has 2 atom stereocenters. The Morgan fingerprint density at radius 3 is 2.46 bits per heavy atom. The normalized spacial score (nSPS) is 16.2. The van der Waals surface area contributed by atoms with Gasteiger partial charge in [-0.2, -0.15) is 0 Å². The van der Waals surface area contributed by atoms with Gasteiger partial charge in [0.2, 0.25) is 0 Å². The summed E-state index contributed by atoms with van der Waals surface area (Å²) in [5.41, 5.74) is 5.41. The Kier molecular flexibility index (Phi) is 7.17. The summed E-state index contributed by atoms with van der Waals surface area (Å²) in [6.07, 6.45) is -0.280. The lowest BCUT2D eigenvalue weighted by Gasteiger charge is -2.16. The minimum atomic E-state index is -0.448. The molecule has 0 aromatic rings. The van der Waals surface area contributed by atoms with Gasteiger partial charge in [0.05, 0.1) is 18.8 Å². The number of rotatable bonds is 7. The first kappa shape index (κ1) is 12.8. The molecule has 80 valence electrons. The second-order valence-electron chi connectivity index (χ2n) is 3.58. The fourth-order valence-corrected chi connectivity index (χ4v) is 0.783. The Balaban J connectivity index is 3.34. The monoisotopic (exact) mass is 190 g/mol. The van der Waals surface area contributed by atoms with E-state index in [1.54, 1.807) is 0 Å². The number of nitrogens with two attached hydrogens (primary N) is 1. The highest BCUT2D eigenvalue weighted by Gasteiger charge is 2.06. The topological polar surface area (TPSA) is 67.5 Å². The third-order valence-electron chi connectivity index (χ3n) is 1.68. The van der Waals surface area contributed by atoms with E-state index in [2.05, 4.69) is 5.32 Å². The average Bonchev–Trinajstić information content (AvgIpc) is 2.10. The van der Waals surface area contributed by atoms with Crippen LogP contribution in [0.3, 0.4) is 0 Å². The predicted molar refractivity (Wildman–Crippen MR) is 53.6 cm³/mol. The van der Waals surface area contributed by atoms with Crippen LogP contribution in [0.2, 0.25) is 0 Å². The zero-order valence-corrected chi connectivity index (χ0v) is 8.79. The summed E-state index contributed by atoms with van der Waals surface area (Å²) in [5, 5.41) is 12.5. The van der Waals surface area contributed by atoms with Gasteiger partial charge in [0.25, 0.3) is 0 Å². The first-order valence-corrected chi connectivity index (χ1v) is 4.79. The fourth-order valence-electron chi connectivity index (χ4n) is 0.783. The molecule has 4 nitrogen and oxygen atoms in total. The molecule has 0 saturated heterocycles. The second kappa shape index (κ2) is 7.26. The molecule has 0 aromatic heterocycles. The van der Waals surface area contributed by atoms with Gasteiger partial charge in [-0.1, -0.05) is 0 Å². The van der Waals surface area contributed by atoms with Crippen LogP contribution < -0.4 is 11.1 Å². The minimum Gasteiger partial charge on any atom is -0.389 e. The van der Waals surface area contributed by atoms with Gasteiger partial charge in [-0.3, -0.25) is 0 Å². The molecule has 4 N–H and O–H groups in total. The van der Waals surface area contributed by atoms with Crippen LogP contribution in [0, 0.1) is 0 Å². The first-order valence-electron chi connectivity index (χ1n) is 4.79. The average molecular weight is 190 g/mol. The lowest BCUT2D eigenvalue weighted by atomic mass is 10.3. The van der Waals surface area contributed by atoms with E-state index in [4.69, 9.17) is 10.5 Å². The number of hydrogen-bond acceptors (Lipinski definition) is 4. The maximum atomic E-state index is 9.41. The van der Waals surface area contributed by atoms with Crippen LogP contribution in [0.1, 0.15) is 20.8 Å². The van der Waals surface area contributed by atoms with E-state index >= 15 is 0 Å². The Morgan fingerprint density at radius 1 is 1.38 bits per heavy atom. The van der Waals surface area contributed by atoms with Gasteiger partial charge < -0.3 is 20.9 Å². The summed E-state index contributed by atoms with van der Waals surface area (Å²) < 4.78 is 5.25. The maximum absolute atomic E-state index is 9.41. The van der Waals surface area contributed by atoms with Crippen LogP contribution in [0.25, 0.3) is 0 Å². The molecule has 0 amide bonds. The Morgan fingerprint density at radius 2 is 2.00 bits per heavy atom. The Hall–Kier alpha value is -0.160. The van der Waals surface area contributed by atoms with E-state index in [0.29, 0.717) is 19.7 Å². The molecule has 2 unspecified atom stereocenters. The zero-order valence-electron chi connectivity index (χ0n) is 8.79. The van der Waals surface area contributed by atoms with Gasteiger partial charge in [-0.05, 0) is 20.8 Å². The molecule has 0 aliphatic carbocycles. The Bertz CT molecular complexity index is 120. The van der Waals surface area contributed by atoms with Crippen LogP contribution in [0.5, 0.6) is 0 Å². The van der Waals surface area contributed by atoms with Gasteiger partial charge in [0.1, 0.15) is 0 Å². The van der Waals surface area contributed by atoms with Crippen LogP contribution in [0.4, 0.5) is 0 Å². The summed E-state index contributed by atoms with van der Waals surface area (Å²) >= 11 is 0. The molecular formula is C9H22N2O2. The van der Waals surface area contributed by atoms with Crippen LogP contribution in [-0.2, 0) is 4.74 Å². The van der Waals surface area contributed by atoms with E-state index in [9.17, 15) is 5.11 Å². The number of aliphatic hydroxyl groups excluding tert-OH is 1. The van der Waals surface area contributed by atoms with Crippen molar-refractivity contribution in [3.05, 3.63) is 0 Å². The van der Waals surface area contributed by atoms with Crippen molar-refractivity contribution in [2.24, 2.45) is 5.73 Å². The molecule has 0 aromatic carbocycles. The SMILES string of the molecule is CC(CN)NCC(O)COC(C)C. The van der Waals surface area contributed by atoms with Gasteiger partial charge in [-0.15, -0.1) is 0 Å². The van der Waals surface area contributed by atoms with Gasteiger partial charge in [0.15, 0.2) is 0 Å². The lowest BCUT2D eigenvalue weighted by molar-refractivity contribution is 0.00571. The maximum Gasteiger partial charge on any atom is 0.0897 e. The highest BCUT2D eigenvalue weighted by molar-refractivity contribution is 4.65. The van der Waals surface area contributed by atoms with Crippen molar-refractivity contribution in [3.63, 3.8) is 0 Å². The smallest absolute Gasteiger partial charge is 0.0897 e. The summed E-state index contributed by atoms with van der Waals surface area (Å²) in [5.74, 6) is 0. The van der Waals surface area contributed by atoms with E-state index < -0.39 is 6.10 Å². The first-order chi connectivity index (χ1) is 6.06. The second-order valence-corrected chi connectivity index (χ2v) is 3.58. The highest BCUT2D eigenvalue weighted by Crippen LogP contribution is 1.91. The summed E-state index contributed by atoms with van der Waals surface area (Å²) in [6.45, 7) is 7.37. The van der Waals surface area contributed by atoms with Crippen molar-refractivity contribution in [2.75, 3.05) is 19.7 Å². The van der Waals surface area contributed by atoms with Crippen molar-refractivity contribution in [1.82, 2.24) is 5.32 Å².